The smallest absolute Gasteiger partial charge is 0.340 e. The van der Waals surface area contributed by atoms with Gasteiger partial charge in [0.05, 0.1) is 42.1 Å². The first kappa shape index (κ1) is 22.5. The number of imidazole rings is 1. The molecule has 162 valence electrons. The van der Waals surface area contributed by atoms with E-state index in [1.807, 2.05) is 0 Å². The molecule has 3 rings (SSSR count). The fourth-order valence-electron chi connectivity index (χ4n) is 2.87. The molecule has 0 spiro atoms. The van der Waals surface area contributed by atoms with Gasteiger partial charge in [-0.3, -0.25) is 4.79 Å². The van der Waals surface area contributed by atoms with Gasteiger partial charge in [0, 0.05) is 6.54 Å². The molecular weight excluding hydrogens is 421 g/mol. The zero-order chi connectivity index (χ0) is 22.2. The van der Waals surface area contributed by atoms with Crippen molar-refractivity contribution in [3.05, 3.63) is 77.4 Å². The summed E-state index contributed by atoms with van der Waals surface area (Å²) in [6.45, 7) is 2.12. The highest BCUT2D eigenvalue weighted by molar-refractivity contribution is 7.99. The van der Waals surface area contributed by atoms with E-state index in [2.05, 4.69) is 10.3 Å². The SMILES string of the molecule is CCOC(=O)c1ccccc1NC(=O)CSc1ncc(CO)n1Cc1ccc(F)cc1. The van der Waals surface area contributed by atoms with Crippen LogP contribution in [0.5, 0.6) is 0 Å². The van der Waals surface area contributed by atoms with Crippen LogP contribution in [0.1, 0.15) is 28.5 Å². The summed E-state index contributed by atoms with van der Waals surface area (Å²) in [6.07, 6.45) is 1.54. The summed E-state index contributed by atoms with van der Waals surface area (Å²) < 4.78 is 20.0. The van der Waals surface area contributed by atoms with Crippen molar-refractivity contribution in [1.82, 2.24) is 9.55 Å². The van der Waals surface area contributed by atoms with Crippen LogP contribution in [-0.4, -0.2) is 38.9 Å². The van der Waals surface area contributed by atoms with Gasteiger partial charge in [-0.2, -0.15) is 0 Å². The molecule has 0 fully saturated rings. The lowest BCUT2D eigenvalue weighted by Crippen LogP contribution is -2.18. The Hall–Kier alpha value is -3.17. The van der Waals surface area contributed by atoms with Gasteiger partial charge in [0.1, 0.15) is 5.82 Å². The number of aromatic nitrogens is 2. The lowest BCUT2D eigenvalue weighted by atomic mass is 10.2. The summed E-state index contributed by atoms with van der Waals surface area (Å²) in [7, 11) is 0. The molecule has 9 heteroatoms. The van der Waals surface area contributed by atoms with Gasteiger partial charge in [-0.05, 0) is 36.8 Å². The van der Waals surface area contributed by atoms with Crippen molar-refractivity contribution < 1.29 is 23.8 Å². The Bertz CT molecular complexity index is 1050. The van der Waals surface area contributed by atoms with Crippen LogP contribution in [0.15, 0.2) is 59.9 Å². The van der Waals surface area contributed by atoms with E-state index in [-0.39, 0.29) is 36.3 Å². The molecule has 31 heavy (non-hydrogen) atoms. The van der Waals surface area contributed by atoms with Crippen molar-refractivity contribution in [2.24, 2.45) is 0 Å². The van der Waals surface area contributed by atoms with Gasteiger partial charge in [0.25, 0.3) is 0 Å². The number of aliphatic hydroxyl groups excluding tert-OH is 1. The Kier molecular flexibility index (Phi) is 7.80. The van der Waals surface area contributed by atoms with Crippen LogP contribution in [0.4, 0.5) is 10.1 Å². The zero-order valence-electron chi connectivity index (χ0n) is 16.9. The third-order valence-corrected chi connectivity index (χ3v) is 5.34. The first-order chi connectivity index (χ1) is 15.0. The lowest BCUT2D eigenvalue weighted by Gasteiger charge is -2.12. The average Bonchev–Trinajstić information content (AvgIpc) is 3.16. The fourth-order valence-corrected chi connectivity index (χ4v) is 3.67. The predicted molar refractivity (Wildman–Crippen MR) is 115 cm³/mol. The van der Waals surface area contributed by atoms with Crippen molar-refractivity contribution in [2.75, 3.05) is 17.7 Å². The highest BCUT2D eigenvalue weighted by Crippen LogP contribution is 2.22. The van der Waals surface area contributed by atoms with Gasteiger partial charge in [0.2, 0.25) is 5.91 Å². The number of esters is 1. The summed E-state index contributed by atoms with van der Waals surface area (Å²) in [5.41, 5.74) is 2.07. The summed E-state index contributed by atoms with van der Waals surface area (Å²) in [5.74, 6) is -1.11. The molecule has 0 radical (unpaired) electrons. The van der Waals surface area contributed by atoms with E-state index in [0.717, 1.165) is 5.56 Å². The van der Waals surface area contributed by atoms with E-state index < -0.39 is 5.97 Å². The van der Waals surface area contributed by atoms with Crippen LogP contribution in [0, 0.1) is 5.82 Å². The summed E-state index contributed by atoms with van der Waals surface area (Å²) in [4.78, 5) is 28.8. The molecule has 0 atom stereocenters. The number of amides is 1. The highest BCUT2D eigenvalue weighted by Gasteiger charge is 2.16. The second-order valence-corrected chi connectivity index (χ2v) is 7.45. The minimum atomic E-state index is -0.506. The third kappa shape index (κ3) is 5.93. The molecule has 2 N–H and O–H groups in total. The number of benzene rings is 2. The first-order valence-corrected chi connectivity index (χ1v) is 10.6. The Labute approximate surface area is 183 Å². The van der Waals surface area contributed by atoms with Crippen molar-refractivity contribution in [3.8, 4) is 0 Å². The lowest BCUT2D eigenvalue weighted by molar-refractivity contribution is -0.113. The van der Waals surface area contributed by atoms with Gasteiger partial charge in [-0.15, -0.1) is 0 Å². The number of anilines is 1. The van der Waals surface area contributed by atoms with E-state index in [1.54, 1.807) is 54.1 Å². The van der Waals surface area contributed by atoms with E-state index >= 15 is 0 Å². The molecule has 1 amide bonds. The number of nitrogens with zero attached hydrogens (tertiary/aromatic N) is 2. The Morgan fingerprint density at radius 1 is 1.19 bits per heavy atom. The fraction of sp³-hybridized carbons (Fsp3) is 0.227. The predicted octanol–water partition coefficient (Wildman–Crippen LogP) is 3.47. The highest BCUT2D eigenvalue weighted by atomic mass is 32.2. The van der Waals surface area contributed by atoms with Crippen molar-refractivity contribution in [2.45, 2.75) is 25.2 Å². The molecule has 1 aromatic heterocycles. The third-order valence-electron chi connectivity index (χ3n) is 4.35. The van der Waals surface area contributed by atoms with E-state index in [0.29, 0.717) is 23.1 Å². The number of thioether (sulfide) groups is 1. The van der Waals surface area contributed by atoms with Crippen molar-refractivity contribution in [3.63, 3.8) is 0 Å². The maximum Gasteiger partial charge on any atom is 0.340 e. The van der Waals surface area contributed by atoms with Gasteiger partial charge < -0.3 is 19.7 Å². The average molecular weight is 444 g/mol. The Morgan fingerprint density at radius 2 is 1.94 bits per heavy atom. The molecule has 0 aliphatic rings. The molecule has 7 nitrogen and oxygen atoms in total. The standard InChI is InChI=1S/C22H22FN3O4S/c1-2-30-21(29)18-5-3-4-6-19(18)25-20(28)14-31-22-24-11-17(13-27)26(22)12-15-7-9-16(23)10-8-15/h3-11,27H,2,12-14H2,1H3,(H,25,28). The summed E-state index contributed by atoms with van der Waals surface area (Å²) in [5, 5.41) is 12.9. The molecular formula is C22H22FN3O4S. The number of hydrogen-bond donors (Lipinski definition) is 2. The monoisotopic (exact) mass is 443 g/mol. The van der Waals surface area contributed by atoms with E-state index in [9.17, 15) is 19.1 Å². The molecule has 0 aliphatic heterocycles. The molecule has 0 bridgehead atoms. The molecule has 0 saturated heterocycles. The Balaban J connectivity index is 1.68. The topological polar surface area (TPSA) is 93.4 Å². The van der Waals surface area contributed by atoms with E-state index in [1.165, 1.54) is 23.9 Å². The minimum absolute atomic E-state index is 0.0441. The number of carbonyl (C=O) groups is 2. The van der Waals surface area contributed by atoms with Crippen LogP contribution in [0.2, 0.25) is 0 Å². The number of aliphatic hydroxyl groups is 1. The maximum absolute atomic E-state index is 13.2. The summed E-state index contributed by atoms with van der Waals surface area (Å²) >= 11 is 1.20. The number of halogens is 1. The van der Waals surface area contributed by atoms with E-state index in [4.69, 9.17) is 4.74 Å². The van der Waals surface area contributed by atoms with Crippen LogP contribution >= 0.6 is 11.8 Å². The normalized spacial score (nSPS) is 10.7. The van der Waals surface area contributed by atoms with Gasteiger partial charge >= 0.3 is 5.97 Å². The van der Waals surface area contributed by atoms with Crippen LogP contribution in [0.3, 0.4) is 0 Å². The molecule has 1 heterocycles. The molecule has 0 unspecified atom stereocenters. The molecule has 0 aliphatic carbocycles. The summed E-state index contributed by atoms with van der Waals surface area (Å²) in [6, 6.07) is 12.7. The molecule has 2 aromatic carbocycles. The van der Waals surface area contributed by atoms with Crippen LogP contribution < -0.4 is 5.32 Å². The largest absolute Gasteiger partial charge is 0.462 e. The van der Waals surface area contributed by atoms with Crippen LogP contribution in [0.25, 0.3) is 0 Å². The number of nitrogens with one attached hydrogen (secondary N) is 1. The van der Waals surface area contributed by atoms with Crippen LogP contribution in [-0.2, 0) is 22.7 Å². The number of para-hydroxylation sites is 1. The number of carbonyl (C=O) groups excluding carboxylic acids is 2. The molecule has 0 saturated carbocycles. The zero-order valence-corrected chi connectivity index (χ0v) is 17.7. The van der Waals surface area contributed by atoms with Crippen molar-refractivity contribution in [1.29, 1.82) is 0 Å². The number of ether oxygens (including phenoxy) is 1. The second kappa shape index (κ2) is 10.7. The maximum atomic E-state index is 13.2. The van der Waals surface area contributed by atoms with Gasteiger partial charge in [0.15, 0.2) is 5.16 Å². The molecule has 3 aromatic rings. The number of rotatable bonds is 9. The minimum Gasteiger partial charge on any atom is -0.462 e. The second-order valence-electron chi connectivity index (χ2n) is 6.51. The Morgan fingerprint density at radius 3 is 2.65 bits per heavy atom. The van der Waals surface area contributed by atoms with Crippen molar-refractivity contribution >= 4 is 29.3 Å². The van der Waals surface area contributed by atoms with Gasteiger partial charge in [-0.25, -0.2) is 14.2 Å². The quantitative estimate of drug-likeness (QED) is 0.389. The first-order valence-electron chi connectivity index (χ1n) is 9.60. The van der Waals surface area contributed by atoms with Gasteiger partial charge in [-0.1, -0.05) is 36.0 Å². The number of hydrogen-bond acceptors (Lipinski definition) is 6.